The summed E-state index contributed by atoms with van der Waals surface area (Å²) in [6.45, 7) is 3.78. The number of ether oxygens (including phenoxy) is 1. The summed E-state index contributed by atoms with van der Waals surface area (Å²) in [5.74, 6) is -1.11. The summed E-state index contributed by atoms with van der Waals surface area (Å²) in [5, 5.41) is 18.7. The topological polar surface area (TPSA) is 113 Å². The third-order valence-electron chi connectivity index (χ3n) is 4.38. The number of aryl methyl sites for hydroxylation is 2. The van der Waals surface area contributed by atoms with Gasteiger partial charge in [0.15, 0.2) is 0 Å². The van der Waals surface area contributed by atoms with Crippen LogP contribution in [-0.2, 0) is 10.0 Å². The number of thiophene rings is 1. The maximum Gasteiger partial charge on any atom is 0.339 e. The summed E-state index contributed by atoms with van der Waals surface area (Å²) in [6.07, 6.45) is 0. The van der Waals surface area contributed by atoms with Crippen molar-refractivity contribution in [2.75, 3.05) is 11.8 Å². The van der Waals surface area contributed by atoms with E-state index >= 15 is 0 Å². The molecular weight excluding hydrogens is 450 g/mol. The number of anilines is 1. The molecule has 7 nitrogen and oxygen atoms in total. The molecule has 3 rings (SSSR count). The zero-order chi connectivity index (χ0) is 22.2. The third-order valence-corrected chi connectivity index (χ3v) is 7.60. The molecule has 0 radical (unpaired) electrons. The van der Waals surface area contributed by atoms with Crippen LogP contribution >= 0.6 is 22.9 Å². The van der Waals surface area contributed by atoms with Gasteiger partial charge in [0.25, 0.3) is 10.0 Å². The lowest BCUT2D eigenvalue weighted by Crippen LogP contribution is -2.11. The second kappa shape index (κ2) is 8.17. The Kier molecular flexibility index (Phi) is 5.98. The molecule has 0 atom stereocenters. The maximum atomic E-state index is 12.8. The van der Waals surface area contributed by atoms with Gasteiger partial charge in [-0.15, -0.1) is 11.3 Å². The van der Waals surface area contributed by atoms with Gasteiger partial charge < -0.3 is 14.9 Å². The Bertz CT molecular complexity index is 1230. The summed E-state index contributed by atoms with van der Waals surface area (Å²) in [4.78, 5) is 11.0. The van der Waals surface area contributed by atoms with Gasteiger partial charge in [0.1, 0.15) is 25.6 Å². The molecule has 0 spiro atoms. The van der Waals surface area contributed by atoms with Gasteiger partial charge >= 0.3 is 5.97 Å². The van der Waals surface area contributed by atoms with Crippen molar-refractivity contribution in [1.29, 1.82) is 0 Å². The van der Waals surface area contributed by atoms with Gasteiger partial charge in [-0.2, -0.15) is 0 Å². The number of aromatic hydroxyl groups is 1. The van der Waals surface area contributed by atoms with Crippen LogP contribution in [0.4, 0.5) is 5.69 Å². The number of carboxylic acid groups (broad SMARTS) is 1. The Morgan fingerprint density at radius 3 is 2.30 bits per heavy atom. The SMILES string of the molecule is COc1c(C)cc(-c2cc(S(=O)(=O)Nc3ccc(C(=O)O)c(O)c3)sc2Cl)cc1C. The van der Waals surface area contributed by atoms with Crippen molar-refractivity contribution in [3.63, 3.8) is 0 Å². The van der Waals surface area contributed by atoms with Crippen molar-refractivity contribution in [1.82, 2.24) is 0 Å². The number of methoxy groups -OCH3 is 1. The standard InChI is InChI=1S/C20H18ClNO6S2/c1-10-6-12(7-11(2)18(10)28-3)15-9-17(29-19(15)21)30(26,27)22-13-4-5-14(20(24)25)16(23)8-13/h4-9,22-23H,1-3H3,(H,24,25). The van der Waals surface area contributed by atoms with Crippen molar-refractivity contribution in [2.45, 2.75) is 18.1 Å². The van der Waals surface area contributed by atoms with Gasteiger partial charge in [-0.25, -0.2) is 13.2 Å². The van der Waals surface area contributed by atoms with Crippen molar-refractivity contribution in [3.05, 3.63) is 57.4 Å². The van der Waals surface area contributed by atoms with E-state index in [1.54, 1.807) is 7.11 Å². The van der Waals surface area contributed by atoms with Gasteiger partial charge in [0, 0.05) is 11.6 Å². The van der Waals surface area contributed by atoms with E-state index in [0.29, 0.717) is 9.90 Å². The van der Waals surface area contributed by atoms with E-state index in [1.807, 2.05) is 26.0 Å². The van der Waals surface area contributed by atoms with Gasteiger partial charge in [-0.1, -0.05) is 11.6 Å². The number of hydrogen-bond acceptors (Lipinski definition) is 6. The number of sulfonamides is 1. The fourth-order valence-electron chi connectivity index (χ4n) is 3.09. The summed E-state index contributed by atoms with van der Waals surface area (Å²) in [6, 6.07) is 8.62. The van der Waals surface area contributed by atoms with E-state index in [-0.39, 0.29) is 15.5 Å². The third kappa shape index (κ3) is 4.23. The predicted molar refractivity (Wildman–Crippen MR) is 117 cm³/mol. The molecule has 3 N–H and O–H groups in total. The highest BCUT2D eigenvalue weighted by Gasteiger charge is 2.22. The monoisotopic (exact) mass is 467 g/mol. The molecule has 1 heterocycles. The molecule has 0 saturated heterocycles. The fourth-order valence-corrected chi connectivity index (χ4v) is 5.90. The summed E-state index contributed by atoms with van der Waals surface area (Å²) in [5.41, 5.74) is 2.82. The molecule has 3 aromatic rings. The minimum Gasteiger partial charge on any atom is -0.507 e. The number of phenols is 1. The van der Waals surface area contributed by atoms with Crippen molar-refractivity contribution in [2.24, 2.45) is 0 Å². The van der Waals surface area contributed by atoms with Crippen LogP contribution in [0.2, 0.25) is 4.34 Å². The normalized spacial score (nSPS) is 11.3. The van der Waals surface area contributed by atoms with E-state index in [2.05, 4.69) is 4.72 Å². The summed E-state index contributed by atoms with van der Waals surface area (Å²) in [7, 11) is -2.42. The molecule has 0 aliphatic rings. The van der Waals surface area contributed by atoms with Crippen molar-refractivity contribution < 1.29 is 28.2 Å². The zero-order valence-corrected chi connectivity index (χ0v) is 18.6. The number of halogens is 1. The van der Waals surface area contributed by atoms with E-state index < -0.39 is 21.7 Å². The Hall–Kier alpha value is -2.75. The molecule has 0 aliphatic heterocycles. The lowest BCUT2D eigenvalue weighted by Gasteiger charge is -2.11. The van der Waals surface area contributed by atoms with Crippen LogP contribution in [-0.4, -0.2) is 31.7 Å². The largest absolute Gasteiger partial charge is 0.507 e. The van der Waals surface area contributed by atoms with Gasteiger partial charge in [-0.3, -0.25) is 4.72 Å². The van der Waals surface area contributed by atoms with E-state index in [1.165, 1.54) is 12.1 Å². The van der Waals surface area contributed by atoms with Crippen LogP contribution in [0.3, 0.4) is 0 Å². The van der Waals surface area contributed by atoms with Crippen molar-refractivity contribution >= 4 is 44.6 Å². The molecule has 0 fully saturated rings. The van der Waals surface area contributed by atoms with Crippen LogP contribution in [0.15, 0.2) is 40.6 Å². The first-order valence-corrected chi connectivity index (χ1v) is 11.3. The zero-order valence-electron chi connectivity index (χ0n) is 16.2. The van der Waals surface area contributed by atoms with Crippen LogP contribution < -0.4 is 9.46 Å². The molecule has 0 unspecified atom stereocenters. The molecule has 2 aromatic carbocycles. The van der Waals surface area contributed by atoms with Crippen LogP contribution in [0, 0.1) is 13.8 Å². The summed E-state index contributed by atoms with van der Waals surface area (Å²) >= 11 is 7.23. The highest BCUT2D eigenvalue weighted by molar-refractivity contribution is 7.94. The highest BCUT2D eigenvalue weighted by Crippen LogP contribution is 2.40. The smallest absolute Gasteiger partial charge is 0.339 e. The molecule has 1 aromatic heterocycles. The maximum absolute atomic E-state index is 12.8. The number of carboxylic acids is 1. The number of carbonyl (C=O) groups is 1. The van der Waals surface area contributed by atoms with Crippen LogP contribution in [0.1, 0.15) is 21.5 Å². The van der Waals surface area contributed by atoms with E-state index in [4.69, 9.17) is 21.4 Å². The fraction of sp³-hybridized carbons (Fsp3) is 0.150. The Morgan fingerprint density at radius 1 is 1.13 bits per heavy atom. The van der Waals surface area contributed by atoms with Gasteiger partial charge in [0.2, 0.25) is 0 Å². The Balaban J connectivity index is 1.96. The van der Waals surface area contributed by atoms with Gasteiger partial charge in [0.05, 0.1) is 12.8 Å². The molecule has 0 amide bonds. The number of hydrogen-bond donors (Lipinski definition) is 3. The number of benzene rings is 2. The predicted octanol–water partition coefficient (Wildman–Crippen LogP) is 4.90. The average Bonchev–Trinajstić information content (AvgIpc) is 3.03. The minimum atomic E-state index is -4.01. The number of nitrogens with one attached hydrogen (secondary N) is 1. The quantitative estimate of drug-likeness (QED) is 0.475. The first kappa shape index (κ1) is 21.9. The summed E-state index contributed by atoms with van der Waals surface area (Å²) < 4.78 is 33.5. The Labute approximate surface area is 182 Å². The van der Waals surface area contributed by atoms with E-state index in [0.717, 1.165) is 45.9 Å². The van der Waals surface area contributed by atoms with Crippen LogP contribution in [0.5, 0.6) is 11.5 Å². The number of rotatable bonds is 6. The lowest BCUT2D eigenvalue weighted by molar-refractivity contribution is 0.0694. The van der Waals surface area contributed by atoms with E-state index in [9.17, 15) is 18.3 Å². The highest BCUT2D eigenvalue weighted by atomic mass is 35.5. The first-order valence-electron chi connectivity index (χ1n) is 8.57. The molecule has 10 heteroatoms. The average molecular weight is 468 g/mol. The molecule has 0 saturated carbocycles. The molecule has 158 valence electrons. The number of aromatic carboxylic acids is 1. The van der Waals surface area contributed by atoms with Crippen molar-refractivity contribution in [3.8, 4) is 22.6 Å². The lowest BCUT2D eigenvalue weighted by atomic mass is 10.0. The minimum absolute atomic E-state index is 0.0181. The first-order chi connectivity index (χ1) is 14.0. The second-order valence-electron chi connectivity index (χ2n) is 6.54. The molecule has 0 bridgehead atoms. The van der Waals surface area contributed by atoms with Crippen LogP contribution in [0.25, 0.3) is 11.1 Å². The second-order valence-corrected chi connectivity index (χ2v) is 10.1. The molecule has 0 aliphatic carbocycles. The van der Waals surface area contributed by atoms with Gasteiger partial charge in [-0.05, 0) is 60.9 Å². The molecule has 30 heavy (non-hydrogen) atoms. The Morgan fingerprint density at radius 2 is 1.77 bits per heavy atom. The molecular formula is C20H18ClNO6S2.